The zero-order valence-electron chi connectivity index (χ0n) is 14.3. The van der Waals surface area contributed by atoms with Gasteiger partial charge in [0.1, 0.15) is 5.56 Å². The maximum Gasteiger partial charge on any atom is 0.322 e. The Morgan fingerprint density at radius 2 is 2.17 bits per heavy atom. The lowest BCUT2D eigenvalue weighted by Crippen LogP contribution is -2.71. The number of hydrogen-bond donors (Lipinski definition) is 2. The first-order valence-electron chi connectivity index (χ1n) is 8.29. The van der Waals surface area contributed by atoms with Crippen molar-refractivity contribution in [2.24, 2.45) is 17.1 Å². The van der Waals surface area contributed by atoms with Gasteiger partial charge in [0, 0.05) is 18.0 Å². The monoisotopic (exact) mass is 332 g/mol. The van der Waals surface area contributed by atoms with E-state index in [9.17, 15) is 9.59 Å². The Bertz CT molecular complexity index is 670. The molecule has 0 radical (unpaired) electrons. The summed E-state index contributed by atoms with van der Waals surface area (Å²) >= 11 is 0. The predicted octanol–water partition coefficient (Wildman–Crippen LogP) is 2.23. The minimum absolute atomic E-state index is 0.148. The quantitative estimate of drug-likeness (QED) is 0.883. The Balaban J connectivity index is 1.73. The van der Waals surface area contributed by atoms with E-state index in [2.05, 4.69) is 24.1 Å². The molecule has 7 nitrogen and oxygen atoms in total. The van der Waals surface area contributed by atoms with Gasteiger partial charge in [-0.15, -0.1) is 0 Å². The standard InChI is InChI=1S/C17H24N4O3/c1-10(2)13-17(5-4-6-17)9-21(13)16(23)20-11-7-12(14(18)22)15(24-3)19-8-11/h7-8,10,13H,4-6,9H2,1-3H3,(H2,18,22)(H,20,23). The molecule has 3 amide bonds. The molecule has 24 heavy (non-hydrogen) atoms. The molecular weight excluding hydrogens is 308 g/mol. The zero-order valence-corrected chi connectivity index (χ0v) is 14.3. The molecule has 0 bridgehead atoms. The van der Waals surface area contributed by atoms with Crippen LogP contribution in [0, 0.1) is 11.3 Å². The van der Waals surface area contributed by atoms with Crippen LogP contribution in [0.25, 0.3) is 0 Å². The molecule has 1 aliphatic heterocycles. The molecule has 2 fully saturated rings. The first kappa shape index (κ1) is 16.5. The average Bonchev–Trinajstić information content (AvgIpc) is 2.43. The highest BCUT2D eigenvalue weighted by Gasteiger charge is 2.58. The number of likely N-dealkylation sites (tertiary alicyclic amines) is 1. The Morgan fingerprint density at radius 3 is 2.67 bits per heavy atom. The number of urea groups is 1. The number of nitrogens with one attached hydrogen (secondary N) is 1. The normalized spacial score (nSPS) is 21.2. The smallest absolute Gasteiger partial charge is 0.322 e. The number of nitrogens with two attached hydrogens (primary N) is 1. The highest BCUT2D eigenvalue weighted by atomic mass is 16.5. The summed E-state index contributed by atoms with van der Waals surface area (Å²) in [5.74, 6) is -0.0780. The summed E-state index contributed by atoms with van der Waals surface area (Å²) in [6, 6.07) is 1.61. The molecule has 1 aromatic rings. The Kier molecular flexibility index (Phi) is 4.11. The number of carbonyl (C=O) groups excluding carboxylic acids is 2. The number of anilines is 1. The largest absolute Gasteiger partial charge is 0.480 e. The number of carbonyl (C=O) groups is 2. The van der Waals surface area contributed by atoms with Gasteiger partial charge in [0.2, 0.25) is 5.88 Å². The van der Waals surface area contributed by atoms with Crippen LogP contribution in [0.4, 0.5) is 10.5 Å². The van der Waals surface area contributed by atoms with Gasteiger partial charge in [0.05, 0.1) is 19.0 Å². The second-order valence-corrected chi connectivity index (χ2v) is 7.11. The van der Waals surface area contributed by atoms with Gasteiger partial charge in [-0.2, -0.15) is 0 Å². The minimum atomic E-state index is -0.645. The van der Waals surface area contributed by atoms with Crippen LogP contribution in [-0.4, -0.2) is 41.5 Å². The van der Waals surface area contributed by atoms with Gasteiger partial charge >= 0.3 is 6.03 Å². The molecule has 1 aliphatic carbocycles. The topological polar surface area (TPSA) is 97.6 Å². The fourth-order valence-electron chi connectivity index (χ4n) is 4.15. The third-order valence-electron chi connectivity index (χ3n) is 5.25. The van der Waals surface area contributed by atoms with Crippen LogP contribution < -0.4 is 15.8 Å². The first-order chi connectivity index (χ1) is 11.4. The van der Waals surface area contributed by atoms with Crippen LogP contribution >= 0.6 is 0 Å². The molecule has 1 aromatic heterocycles. The molecule has 1 saturated carbocycles. The molecule has 7 heteroatoms. The van der Waals surface area contributed by atoms with Gasteiger partial charge in [-0.3, -0.25) is 4.79 Å². The van der Waals surface area contributed by atoms with Crippen LogP contribution in [0.2, 0.25) is 0 Å². The van der Waals surface area contributed by atoms with Gasteiger partial charge in [-0.25, -0.2) is 9.78 Å². The fourth-order valence-corrected chi connectivity index (χ4v) is 4.15. The van der Waals surface area contributed by atoms with Crippen molar-refractivity contribution in [1.29, 1.82) is 0 Å². The number of primary amides is 1. The summed E-state index contributed by atoms with van der Waals surface area (Å²) in [4.78, 5) is 30.0. The van der Waals surface area contributed by atoms with Crippen molar-refractivity contribution in [3.05, 3.63) is 17.8 Å². The zero-order chi connectivity index (χ0) is 17.5. The van der Waals surface area contributed by atoms with Gasteiger partial charge in [0.25, 0.3) is 5.91 Å². The number of aromatic nitrogens is 1. The molecule has 3 N–H and O–H groups in total. The van der Waals surface area contributed by atoms with Crippen molar-refractivity contribution in [3.8, 4) is 5.88 Å². The summed E-state index contributed by atoms with van der Waals surface area (Å²) < 4.78 is 5.01. The van der Waals surface area contributed by atoms with Crippen molar-refractivity contribution in [2.75, 3.05) is 19.0 Å². The van der Waals surface area contributed by atoms with E-state index in [0.717, 1.165) is 6.54 Å². The molecule has 1 saturated heterocycles. The van der Waals surface area contributed by atoms with Crippen LogP contribution in [0.5, 0.6) is 5.88 Å². The molecule has 1 atom stereocenters. The molecule has 0 aromatic carbocycles. The van der Waals surface area contributed by atoms with Crippen molar-refractivity contribution < 1.29 is 14.3 Å². The van der Waals surface area contributed by atoms with E-state index in [1.165, 1.54) is 38.6 Å². The Hall–Kier alpha value is -2.31. The second kappa shape index (κ2) is 5.96. The van der Waals surface area contributed by atoms with E-state index in [4.69, 9.17) is 10.5 Å². The number of nitrogens with zero attached hydrogens (tertiary/aromatic N) is 2. The van der Waals surface area contributed by atoms with Gasteiger partial charge in [0.15, 0.2) is 0 Å². The molecule has 2 aliphatic rings. The lowest BCUT2D eigenvalue weighted by molar-refractivity contribution is -0.114. The second-order valence-electron chi connectivity index (χ2n) is 7.11. The summed E-state index contributed by atoms with van der Waals surface area (Å²) in [6.07, 6.45) is 5.13. The maximum absolute atomic E-state index is 12.6. The number of ether oxygens (including phenoxy) is 1. The number of hydrogen-bond acceptors (Lipinski definition) is 4. The molecular formula is C17H24N4O3. The van der Waals surface area contributed by atoms with Crippen molar-refractivity contribution in [3.63, 3.8) is 0 Å². The molecule has 130 valence electrons. The van der Waals surface area contributed by atoms with E-state index < -0.39 is 5.91 Å². The van der Waals surface area contributed by atoms with Crippen LogP contribution in [-0.2, 0) is 0 Å². The van der Waals surface area contributed by atoms with Crippen LogP contribution in [0.3, 0.4) is 0 Å². The van der Waals surface area contributed by atoms with E-state index in [0.29, 0.717) is 17.0 Å². The molecule has 3 rings (SSSR count). The summed E-state index contributed by atoms with van der Waals surface area (Å²) in [5.41, 5.74) is 6.23. The highest BCUT2D eigenvalue weighted by Crippen LogP contribution is 2.55. The van der Waals surface area contributed by atoms with Crippen molar-refractivity contribution >= 4 is 17.6 Å². The summed E-state index contributed by atoms with van der Waals surface area (Å²) in [5, 5.41) is 2.82. The maximum atomic E-state index is 12.6. The summed E-state index contributed by atoms with van der Waals surface area (Å²) in [6.45, 7) is 5.11. The SMILES string of the molecule is COc1ncc(NC(=O)N2CC3(CCC3)C2C(C)C)cc1C(N)=O. The lowest BCUT2D eigenvalue weighted by Gasteiger charge is -2.63. The first-order valence-corrected chi connectivity index (χ1v) is 8.29. The van der Waals surface area contributed by atoms with Crippen molar-refractivity contribution in [2.45, 2.75) is 39.2 Å². The predicted molar refractivity (Wildman–Crippen MR) is 89.9 cm³/mol. The third-order valence-corrected chi connectivity index (χ3v) is 5.25. The Labute approximate surface area is 141 Å². The van der Waals surface area contributed by atoms with Gasteiger partial charge < -0.3 is 20.7 Å². The van der Waals surface area contributed by atoms with Crippen LogP contribution in [0.1, 0.15) is 43.5 Å². The molecule has 2 heterocycles. The Morgan fingerprint density at radius 1 is 1.46 bits per heavy atom. The third kappa shape index (κ3) is 2.57. The van der Waals surface area contributed by atoms with E-state index >= 15 is 0 Å². The van der Waals surface area contributed by atoms with E-state index in [1.807, 2.05) is 4.90 Å². The molecule has 1 spiro atoms. The highest BCUT2D eigenvalue weighted by molar-refractivity contribution is 5.97. The lowest BCUT2D eigenvalue weighted by atomic mass is 9.55. The summed E-state index contributed by atoms with van der Waals surface area (Å²) in [7, 11) is 1.42. The fraction of sp³-hybridized carbons (Fsp3) is 0.588. The number of rotatable bonds is 4. The van der Waals surface area contributed by atoms with Crippen molar-refractivity contribution in [1.82, 2.24) is 9.88 Å². The average molecular weight is 332 g/mol. The van der Waals surface area contributed by atoms with Gasteiger partial charge in [-0.05, 0) is 24.8 Å². The van der Waals surface area contributed by atoms with E-state index in [-0.39, 0.29) is 23.5 Å². The molecule has 1 unspecified atom stereocenters. The van der Waals surface area contributed by atoms with E-state index in [1.54, 1.807) is 0 Å². The van der Waals surface area contributed by atoms with Crippen LogP contribution in [0.15, 0.2) is 12.3 Å². The number of methoxy groups -OCH3 is 1. The van der Waals surface area contributed by atoms with Gasteiger partial charge in [-0.1, -0.05) is 20.3 Å². The minimum Gasteiger partial charge on any atom is -0.480 e. The number of amides is 3. The number of pyridine rings is 1.